The number of nitrogens with one attached hydrogen (secondary N) is 1. The summed E-state index contributed by atoms with van der Waals surface area (Å²) >= 11 is 7.21. The quantitative estimate of drug-likeness (QED) is 0.422. The molecule has 1 N–H and O–H groups in total. The monoisotopic (exact) mass is 480 g/mol. The van der Waals surface area contributed by atoms with Crippen molar-refractivity contribution in [2.24, 2.45) is 0 Å². The second-order valence-electron chi connectivity index (χ2n) is 7.63. The Labute approximate surface area is 192 Å². The van der Waals surface area contributed by atoms with Crippen LogP contribution in [0.25, 0.3) is 0 Å². The Morgan fingerprint density at radius 1 is 1.22 bits per heavy atom. The van der Waals surface area contributed by atoms with E-state index in [-0.39, 0.29) is 10.7 Å². The van der Waals surface area contributed by atoms with E-state index in [4.69, 9.17) is 11.6 Å². The van der Waals surface area contributed by atoms with Crippen molar-refractivity contribution in [2.45, 2.75) is 48.8 Å². The van der Waals surface area contributed by atoms with Gasteiger partial charge in [-0.25, -0.2) is 0 Å². The highest BCUT2D eigenvalue weighted by molar-refractivity contribution is 8.00. The minimum absolute atomic E-state index is 0.0341. The van der Waals surface area contributed by atoms with Gasteiger partial charge in [0.25, 0.3) is 0 Å². The number of nitrogens with zero attached hydrogens (tertiary/aromatic N) is 3. The topological polar surface area (TPSA) is 59.8 Å². The minimum atomic E-state index is -4.53. The first-order valence-electron chi connectivity index (χ1n) is 10.0. The van der Waals surface area contributed by atoms with Crippen LogP contribution < -0.4 is 5.32 Å². The molecule has 0 spiro atoms. The molecule has 1 saturated carbocycles. The lowest BCUT2D eigenvalue weighted by Gasteiger charge is -2.15. The Morgan fingerprint density at radius 2 is 1.94 bits per heavy atom. The van der Waals surface area contributed by atoms with E-state index in [1.54, 1.807) is 6.92 Å². The van der Waals surface area contributed by atoms with Gasteiger partial charge in [-0.3, -0.25) is 4.79 Å². The number of alkyl halides is 3. The Bertz CT molecular complexity index is 1120. The lowest BCUT2D eigenvalue weighted by molar-refractivity contribution is -0.137. The molecule has 3 aromatic rings. The van der Waals surface area contributed by atoms with Crippen molar-refractivity contribution in [1.29, 1.82) is 0 Å². The number of aromatic nitrogens is 3. The van der Waals surface area contributed by atoms with Crippen molar-refractivity contribution < 1.29 is 18.0 Å². The highest BCUT2D eigenvalue weighted by atomic mass is 35.5. The highest BCUT2D eigenvalue weighted by Crippen LogP contribution is 2.41. The molecule has 0 aliphatic heterocycles. The second-order valence-corrected chi connectivity index (χ2v) is 9.34. The molecule has 1 amide bonds. The van der Waals surface area contributed by atoms with E-state index in [0.717, 1.165) is 42.4 Å². The van der Waals surface area contributed by atoms with Gasteiger partial charge in [-0.2, -0.15) is 13.2 Å². The average Bonchev–Trinajstić information content (AvgIpc) is 3.52. The summed E-state index contributed by atoms with van der Waals surface area (Å²) in [7, 11) is 0. The fourth-order valence-electron chi connectivity index (χ4n) is 3.19. The van der Waals surface area contributed by atoms with Gasteiger partial charge in [0.1, 0.15) is 5.82 Å². The number of thioether (sulfide) groups is 1. The number of hydrogen-bond donors (Lipinski definition) is 1. The van der Waals surface area contributed by atoms with Crippen molar-refractivity contribution >= 4 is 35.0 Å². The first-order valence-corrected chi connectivity index (χ1v) is 11.3. The number of carbonyl (C=O) groups is 1. The molecular formula is C22H20ClF3N4OS. The highest BCUT2D eigenvalue weighted by Gasteiger charge is 2.32. The maximum Gasteiger partial charge on any atom is 0.416 e. The third-order valence-electron chi connectivity index (χ3n) is 5.07. The molecule has 0 saturated heterocycles. The summed E-state index contributed by atoms with van der Waals surface area (Å²) < 4.78 is 41.0. The van der Waals surface area contributed by atoms with Crippen LogP contribution in [0.1, 0.15) is 42.6 Å². The van der Waals surface area contributed by atoms with E-state index in [1.807, 2.05) is 34.9 Å². The summed E-state index contributed by atoms with van der Waals surface area (Å²) in [6.45, 7) is 2.25. The van der Waals surface area contributed by atoms with Gasteiger partial charge in [-0.1, -0.05) is 53.7 Å². The number of carbonyl (C=O) groups excluding carboxylic acids is 1. The smallest absolute Gasteiger partial charge is 0.324 e. The van der Waals surface area contributed by atoms with Crippen LogP contribution in [0.2, 0.25) is 5.02 Å². The molecule has 32 heavy (non-hydrogen) atoms. The van der Waals surface area contributed by atoms with Crippen LogP contribution in [0.15, 0.2) is 53.7 Å². The summed E-state index contributed by atoms with van der Waals surface area (Å²) in [6, 6.07) is 12.7. The van der Waals surface area contributed by atoms with E-state index in [1.165, 1.54) is 11.8 Å². The molecule has 2 aromatic carbocycles. The van der Waals surface area contributed by atoms with E-state index in [9.17, 15) is 18.0 Å². The molecule has 168 valence electrons. The van der Waals surface area contributed by atoms with Crippen LogP contribution >= 0.6 is 23.4 Å². The Hall–Kier alpha value is -2.52. The number of rotatable bonds is 7. The average molecular weight is 481 g/mol. The summed E-state index contributed by atoms with van der Waals surface area (Å²) in [4.78, 5) is 12.7. The summed E-state index contributed by atoms with van der Waals surface area (Å²) in [5, 5.41) is 11.1. The second kappa shape index (κ2) is 9.15. The largest absolute Gasteiger partial charge is 0.416 e. The third kappa shape index (κ3) is 5.27. The van der Waals surface area contributed by atoms with Gasteiger partial charge < -0.3 is 9.88 Å². The zero-order valence-corrected chi connectivity index (χ0v) is 18.6. The fraction of sp³-hybridized carbons (Fsp3) is 0.318. The molecule has 1 aliphatic carbocycles. The molecule has 1 atom stereocenters. The predicted octanol–water partition coefficient (Wildman–Crippen LogP) is 6.00. The molecule has 1 aliphatic rings. The molecule has 0 unspecified atom stereocenters. The number of halogens is 4. The number of benzene rings is 2. The maximum atomic E-state index is 13.0. The van der Waals surface area contributed by atoms with Gasteiger partial charge in [-0.15, -0.1) is 10.2 Å². The lowest BCUT2D eigenvalue weighted by atomic mass is 10.2. The molecule has 0 radical (unpaired) electrons. The molecule has 1 fully saturated rings. The molecule has 0 bridgehead atoms. The summed E-state index contributed by atoms with van der Waals surface area (Å²) in [6.07, 6.45) is -2.42. The van der Waals surface area contributed by atoms with Gasteiger partial charge in [0.05, 0.1) is 28.1 Å². The van der Waals surface area contributed by atoms with Crippen molar-refractivity contribution in [2.75, 3.05) is 5.32 Å². The normalized spacial score (nSPS) is 14.9. The maximum absolute atomic E-state index is 13.0. The fourth-order valence-corrected chi connectivity index (χ4v) is 4.21. The standard InChI is InChI=1S/C22H20ClF3N4OS/c1-13(20(31)27-18-11-16(22(24,25)26)9-10-17(18)23)32-21-29-28-19(15-7-8-15)30(21)12-14-5-3-2-4-6-14/h2-6,9-11,13,15H,7-8,12H2,1H3,(H,27,31)/t13-/m0/s1. The van der Waals surface area contributed by atoms with Gasteiger partial charge in [0, 0.05) is 5.92 Å². The van der Waals surface area contributed by atoms with Crippen molar-refractivity contribution in [3.63, 3.8) is 0 Å². The Morgan fingerprint density at radius 3 is 2.59 bits per heavy atom. The van der Waals surface area contributed by atoms with Crippen LogP contribution in [-0.2, 0) is 17.5 Å². The minimum Gasteiger partial charge on any atom is -0.324 e. The van der Waals surface area contributed by atoms with Gasteiger partial charge in [0.15, 0.2) is 5.16 Å². The lowest BCUT2D eigenvalue weighted by Crippen LogP contribution is -2.23. The molecule has 10 heteroatoms. The van der Waals surface area contributed by atoms with Gasteiger partial charge in [-0.05, 0) is 43.5 Å². The third-order valence-corrected chi connectivity index (χ3v) is 6.48. The van der Waals surface area contributed by atoms with Crippen LogP contribution in [0.3, 0.4) is 0 Å². The number of hydrogen-bond acceptors (Lipinski definition) is 4. The summed E-state index contributed by atoms with van der Waals surface area (Å²) in [5.41, 5.74) is 0.126. The first-order chi connectivity index (χ1) is 15.2. The molecule has 1 aromatic heterocycles. The number of amides is 1. The summed E-state index contributed by atoms with van der Waals surface area (Å²) in [5.74, 6) is 0.789. The van der Waals surface area contributed by atoms with E-state index < -0.39 is 22.9 Å². The molecule has 1 heterocycles. The van der Waals surface area contributed by atoms with Gasteiger partial charge >= 0.3 is 6.18 Å². The van der Waals surface area contributed by atoms with Crippen molar-refractivity contribution in [1.82, 2.24) is 14.8 Å². The van der Waals surface area contributed by atoms with Crippen LogP contribution in [0.5, 0.6) is 0 Å². The van der Waals surface area contributed by atoms with Crippen molar-refractivity contribution in [3.8, 4) is 0 Å². The molecule has 4 rings (SSSR count). The van der Waals surface area contributed by atoms with E-state index in [0.29, 0.717) is 17.6 Å². The Kier molecular flexibility index (Phi) is 6.48. The first kappa shape index (κ1) is 22.7. The van der Waals surface area contributed by atoms with Crippen molar-refractivity contribution in [3.05, 3.63) is 70.5 Å². The van der Waals surface area contributed by atoms with Crippen LogP contribution in [0.4, 0.5) is 18.9 Å². The van der Waals surface area contributed by atoms with E-state index in [2.05, 4.69) is 15.5 Å². The van der Waals surface area contributed by atoms with Gasteiger partial charge in [0.2, 0.25) is 5.91 Å². The van der Waals surface area contributed by atoms with Crippen LogP contribution in [-0.4, -0.2) is 25.9 Å². The zero-order chi connectivity index (χ0) is 22.9. The SMILES string of the molecule is C[C@H](Sc1nnc(C2CC2)n1Cc1ccccc1)C(=O)Nc1cc(C(F)(F)F)ccc1Cl. The Balaban J connectivity index is 1.51. The molecule has 5 nitrogen and oxygen atoms in total. The van der Waals surface area contributed by atoms with E-state index >= 15 is 0 Å². The predicted molar refractivity (Wildman–Crippen MR) is 118 cm³/mol. The molecular weight excluding hydrogens is 461 g/mol. The van der Waals surface area contributed by atoms with Crippen LogP contribution in [0, 0.1) is 0 Å². The zero-order valence-electron chi connectivity index (χ0n) is 17.1. The number of anilines is 1.